The zero-order valence-electron chi connectivity index (χ0n) is 12.3. The molecule has 0 unspecified atom stereocenters. The van der Waals surface area contributed by atoms with Gasteiger partial charge in [0.05, 0.1) is 20.6 Å². The van der Waals surface area contributed by atoms with Crippen molar-refractivity contribution in [3.63, 3.8) is 0 Å². The fourth-order valence-corrected chi connectivity index (χ4v) is 4.82. The average Bonchev–Trinajstić information content (AvgIpc) is 2.93. The van der Waals surface area contributed by atoms with Crippen LogP contribution in [0, 0.1) is 0 Å². The van der Waals surface area contributed by atoms with E-state index in [-0.39, 0.29) is 21.4 Å². The first-order valence-corrected chi connectivity index (χ1v) is 9.56. The maximum atomic E-state index is 12.9. The molecule has 128 valence electrons. The summed E-state index contributed by atoms with van der Waals surface area (Å²) < 4.78 is 25.9. The molecule has 3 N–H and O–H groups in total. The van der Waals surface area contributed by atoms with Crippen molar-refractivity contribution >= 4 is 67.7 Å². The number of nitrogens with two attached hydrogens (primary N) is 1. The molecule has 0 bridgehead atoms. The topological polar surface area (TPSA) is 92.1 Å². The summed E-state index contributed by atoms with van der Waals surface area (Å²) in [7, 11) is -3.84. The van der Waals surface area contributed by atoms with Gasteiger partial charge in [-0.2, -0.15) is 5.10 Å². The van der Waals surface area contributed by atoms with Gasteiger partial charge in [-0.05, 0) is 36.4 Å². The second-order valence-electron chi connectivity index (χ2n) is 5.34. The minimum absolute atomic E-state index is 0.0411. The van der Waals surface area contributed by atoms with E-state index in [9.17, 15) is 8.42 Å². The average molecular weight is 416 g/mol. The van der Waals surface area contributed by atoms with E-state index in [2.05, 4.69) is 10.2 Å². The monoisotopic (exact) mass is 414 g/mol. The van der Waals surface area contributed by atoms with Crippen molar-refractivity contribution in [3.05, 3.63) is 51.5 Å². The highest BCUT2D eigenvalue weighted by Crippen LogP contribution is 2.49. The van der Waals surface area contributed by atoms with Gasteiger partial charge in [-0.15, -0.1) is 0 Å². The van der Waals surface area contributed by atoms with Crippen LogP contribution in [0.5, 0.6) is 0 Å². The lowest BCUT2D eigenvalue weighted by Gasteiger charge is -2.30. The number of nitrogen functional groups attached to an aromatic ring is 1. The molecule has 1 aliphatic rings. The van der Waals surface area contributed by atoms with Gasteiger partial charge in [-0.3, -0.25) is 10.00 Å². The van der Waals surface area contributed by atoms with E-state index in [0.29, 0.717) is 26.4 Å². The Morgan fingerprint density at radius 2 is 1.80 bits per heavy atom. The fourth-order valence-electron chi connectivity index (χ4n) is 2.75. The first kappa shape index (κ1) is 16.5. The Balaban J connectivity index is 2.09. The molecule has 0 aliphatic carbocycles. The number of nitrogens with zero attached hydrogens (tertiary/aromatic N) is 2. The molecule has 25 heavy (non-hydrogen) atoms. The zero-order valence-corrected chi connectivity index (χ0v) is 15.4. The largest absolute Gasteiger partial charge is 0.383 e. The number of halogens is 3. The minimum atomic E-state index is -3.84. The third kappa shape index (κ3) is 2.38. The Morgan fingerprint density at radius 1 is 1.04 bits per heavy atom. The maximum absolute atomic E-state index is 12.9. The Bertz CT molecular complexity index is 1130. The smallest absolute Gasteiger partial charge is 0.216 e. The van der Waals surface area contributed by atoms with Crippen LogP contribution < -0.4 is 10.6 Å². The van der Waals surface area contributed by atoms with Gasteiger partial charge in [-0.25, -0.2) is 8.42 Å². The number of benzene rings is 2. The molecule has 3 aromatic rings. The van der Waals surface area contributed by atoms with Crippen LogP contribution in [0.1, 0.15) is 0 Å². The summed E-state index contributed by atoms with van der Waals surface area (Å²) in [6.45, 7) is 0. The molecule has 0 saturated heterocycles. The van der Waals surface area contributed by atoms with E-state index in [4.69, 9.17) is 40.5 Å². The summed E-state index contributed by atoms with van der Waals surface area (Å²) in [6, 6.07) is 9.42. The molecule has 0 amide bonds. The van der Waals surface area contributed by atoms with Crippen LogP contribution in [-0.2, 0) is 9.84 Å². The standard InChI is InChI=1S/C15H9Cl3N4O2S/c16-7-1-4-12-11(5-7)22(8-2-3-9(17)10(18)6-8)15-13(25(12,23)24)14(19)20-21-15/h1-6H,(H3,19,20,21). The second-order valence-corrected chi connectivity index (χ2v) is 8.45. The zero-order chi connectivity index (χ0) is 17.9. The molecule has 4 rings (SSSR count). The normalized spacial score (nSPS) is 14.9. The van der Waals surface area contributed by atoms with Crippen molar-refractivity contribution < 1.29 is 8.42 Å². The summed E-state index contributed by atoms with van der Waals surface area (Å²) >= 11 is 18.2. The SMILES string of the molecule is Nc1[nH]nc2c1S(=O)(=O)c1ccc(Cl)cc1N2c1ccc(Cl)c(Cl)c1. The van der Waals surface area contributed by atoms with Crippen molar-refractivity contribution in [1.29, 1.82) is 0 Å². The molecule has 1 aliphatic heterocycles. The number of hydrogen-bond donors (Lipinski definition) is 2. The number of sulfone groups is 1. The number of hydrogen-bond acceptors (Lipinski definition) is 5. The van der Waals surface area contributed by atoms with Crippen LogP contribution in [0.15, 0.2) is 46.2 Å². The third-order valence-corrected chi connectivity index (χ3v) is 6.66. The first-order valence-electron chi connectivity index (χ1n) is 6.94. The van der Waals surface area contributed by atoms with Gasteiger partial charge in [0.25, 0.3) is 0 Å². The van der Waals surface area contributed by atoms with E-state index in [1.807, 2.05) is 0 Å². The van der Waals surface area contributed by atoms with Crippen LogP contribution in [0.3, 0.4) is 0 Å². The van der Waals surface area contributed by atoms with Gasteiger partial charge in [0, 0.05) is 10.7 Å². The van der Waals surface area contributed by atoms with Crippen molar-refractivity contribution in [2.45, 2.75) is 9.79 Å². The van der Waals surface area contributed by atoms with Crippen LogP contribution in [0.2, 0.25) is 15.1 Å². The van der Waals surface area contributed by atoms with E-state index in [1.165, 1.54) is 12.1 Å². The molecule has 0 saturated carbocycles. The van der Waals surface area contributed by atoms with Crippen molar-refractivity contribution in [2.24, 2.45) is 0 Å². The Hall–Kier alpha value is -1.93. The van der Waals surface area contributed by atoms with Crippen LogP contribution in [0.25, 0.3) is 0 Å². The van der Waals surface area contributed by atoms with E-state index < -0.39 is 9.84 Å². The van der Waals surface area contributed by atoms with E-state index in [0.717, 1.165) is 0 Å². The third-order valence-electron chi connectivity index (χ3n) is 3.82. The molecule has 0 fully saturated rings. The lowest BCUT2D eigenvalue weighted by molar-refractivity contribution is 0.595. The highest BCUT2D eigenvalue weighted by molar-refractivity contribution is 7.92. The summed E-state index contributed by atoms with van der Waals surface area (Å²) in [5.74, 6) is 0.103. The minimum Gasteiger partial charge on any atom is -0.383 e. The van der Waals surface area contributed by atoms with Gasteiger partial charge in [-0.1, -0.05) is 34.8 Å². The molecule has 0 radical (unpaired) electrons. The number of aromatic amines is 1. The molecule has 0 atom stereocenters. The van der Waals surface area contributed by atoms with Gasteiger partial charge in [0.1, 0.15) is 5.82 Å². The Labute approximate surface area is 158 Å². The predicted molar refractivity (Wildman–Crippen MR) is 98.2 cm³/mol. The molecule has 0 spiro atoms. The molecule has 2 aromatic carbocycles. The number of nitrogens with one attached hydrogen (secondary N) is 1. The highest BCUT2D eigenvalue weighted by atomic mass is 35.5. The van der Waals surface area contributed by atoms with Crippen molar-refractivity contribution in [2.75, 3.05) is 10.6 Å². The van der Waals surface area contributed by atoms with Crippen LogP contribution in [0.4, 0.5) is 23.0 Å². The summed E-state index contributed by atoms with van der Waals surface area (Å²) in [6.07, 6.45) is 0. The number of fused-ring (bicyclic) bond motifs is 2. The number of rotatable bonds is 1. The lowest BCUT2D eigenvalue weighted by Crippen LogP contribution is -2.22. The summed E-state index contributed by atoms with van der Waals surface area (Å²) in [5, 5.41) is 7.67. The van der Waals surface area contributed by atoms with Crippen molar-refractivity contribution in [3.8, 4) is 0 Å². The molecule has 1 aromatic heterocycles. The van der Waals surface area contributed by atoms with Gasteiger partial charge >= 0.3 is 0 Å². The quantitative estimate of drug-likeness (QED) is 0.475. The Kier molecular flexibility index (Phi) is 3.66. The first-order chi connectivity index (χ1) is 11.8. The van der Waals surface area contributed by atoms with Gasteiger partial charge < -0.3 is 5.73 Å². The maximum Gasteiger partial charge on any atom is 0.216 e. The summed E-state index contributed by atoms with van der Waals surface area (Å²) in [5.41, 5.74) is 6.74. The molecule has 6 nitrogen and oxygen atoms in total. The fraction of sp³-hybridized carbons (Fsp3) is 0. The van der Waals surface area contributed by atoms with E-state index >= 15 is 0 Å². The van der Waals surface area contributed by atoms with Crippen LogP contribution >= 0.6 is 34.8 Å². The van der Waals surface area contributed by atoms with Crippen LogP contribution in [-0.4, -0.2) is 18.6 Å². The van der Waals surface area contributed by atoms with E-state index in [1.54, 1.807) is 29.2 Å². The molecule has 10 heteroatoms. The molecular weight excluding hydrogens is 407 g/mol. The number of H-pyrrole nitrogens is 1. The Morgan fingerprint density at radius 3 is 2.52 bits per heavy atom. The van der Waals surface area contributed by atoms with Gasteiger partial charge in [0.2, 0.25) is 9.84 Å². The number of anilines is 4. The van der Waals surface area contributed by atoms with Gasteiger partial charge in [0.15, 0.2) is 10.7 Å². The van der Waals surface area contributed by atoms with Crippen molar-refractivity contribution in [1.82, 2.24) is 10.2 Å². The molecule has 2 heterocycles. The predicted octanol–water partition coefficient (Wildman–Crippen LogP) is 4.57. The second kappa shape index (κ2) is 5.54. The highest BCUT2D eigenvalue weighted by Gasteiger charge is 2.39. The molecular formula is C15H9Cl3N4O2S. The lowest BCUT2D eigenvalue weighted by atomic mass is 10.2. The number of aromatic nitrogens is 2. The summed E-state index contributed by atoms with van der Waals surface area (Å²) in [4.78, 5) is 1.60.